The van der Waals surface area contributed by atoms with Gasteiger partial charge in [-0.2, -0.15) is 0 Å². The summed E-state index contributed by atoms with van der Waals surface area (Å²) in [4.78, 5) is 21.5. The summed E-state index contributed by atoms with van der Waals surface area (Å²) in [5.41, 5.74) is 2.67. The average Bonchev–Trinajstić information content (AvgIpc) is 2.81. The standard InChI is InChI=1S/C23H25N5O/c1-2-19(18-8-4-3-5-9-18)23(29)28-16-14-27(15-17-28)22-12-11-21(25-26-22)20-10-6-7-13-24-20/h3-13,19H,2,14-17H2,1H3. The number of amides is 1. The van der Waals surface area contributed by atoms with E-state index in [4.69, 9.17) is 0 Å². The van der Waals surface area contributed by atoms with Crippen molar-refractivity contribution in [2.45, 2.75) is 19.3 Å². The van der Waals surface area contributed by atoms with Crippen LogP contribution in [0.4, 0.5) is 5.82 Å². The molecular weight excluding hydrogens is 362 g/mol. The van der Waals surface area contributed by atoms with Crippen LogP contribution in [0.5, 0.6) is 0 Å². The van der Waals surface area contributed by atoms with Crippen LogP contribution in [-0.4, -0.2) is 52.2 Å². The van der Waals surface area contributed by atoms with Crippen LogP contribution in [0, 0.1) is 0 Å². The monoisotopic (exact) mass is 387 g/mol. The summed E-state index contributed by atoms with van der Waals surface area (Å²) in [6.07, 6.45) is 2.56. The smallest absolute Gasteiger partial charge is 0.230 e. The molecule has 6 heteroatoms. The van der Waals surface area contributed by atoms with E-state index in [0.29, 0.717) is 13.1 Å². The molecule has 6 nitrogen and oxygen atoms in total. The van der Waals surface area contributed by atoms with Crippen molar-refractivity contribution in [3.05, 3.63) is 72.4 Å². The topological polar surface area (TPSA) is 62.2 Å². The van der Waals surface area contributed by atoms with Crippen molar-refractivity contribution in [1.82, 2.24) is 20.1 Å². The molecular formula is C23H25N5O. The van der Waals surface area contributed by atoms with Gasteiger partial charge in [-0.25, -0.2) is 0 Å². The molecule has 3 aromatic rings. The number of piperazine rings is 1. The Balaban J connectivity index is 1.38. The average molecular weight is 387 g/mol. The molecule has 1 aromatic carbocycles. The van der Waals surface area contributed by atoms with Crippen molar-refractivity contribution >= 4 is 11.7 Å². The van der Waals surface area contributed by atoms with Crippen LogP contribution in [-0.2, 0) is 4.79 Å². The summed E-state index contributed by atoms with van der Waals surface area (Å²) in [5, 5.41) is 8.70. The van der Waals surface area contributed by atoms with Gasteiger partial charge in [0.25, 0.3) is 0 Å². The van der Waals surface area contributed by atoms with E-state index >= 15 is 0 Å². The van der Waals surface area contributed by atoms with Gasteiger partial charge in [-0.1, -0.05) is 43.3 Å². The fraction of sp³-hybridized carbons (Fsp3) is 0.304. The molecule has 1 fully saturated rings. The van der Waals surface area contributed by atoms with Gasteiger partial charge in [0.15, 0.2) is 5.82 Å². The Morgan fingerprint density at radius 2 is 1.66 bits per heavy atom. The van der Waals surface area contributed by atoms with Gasteiger partial charge in [0.05, 0.1) is 11.6 Å². The molecule has 2 aromatic heterocycles. The zero-order chi connectivity index (χ0) is 20.1. The second kappa shape index (κ2) is 8.82. The molecule has 1 aliphatic rings. The van der Waals surface area contributed by atoms with Gasteiger partial charge in [0.2, 0.25) is 5.91 Å². The first-order valence-corrected chi connectivity index (χ1v) is 10.1. The van der Waals surface area contributed by atoms with Gasteiger partial charge in [0, 0.05) is 32.4 Å². The molecule has 29 heavy (non-hydrogen) atoms. The van der Waals surface area contributed by atoms with E-state index in [1.54, 1.807) is 6.20 Å². The summed E-state index contributed by atoms with van der Waals surface area (Å²) in [7, 11) is 0. The fourth-order valence-electron chi connectivity index (χ4n) is 3.76. The Kier molecular flexibility index (Phi) is 5.79. The highest BCUT2D eigenvalue weighted by Crippen LogP contribution is 2.24. The molecule has 0 saturated carbocycles. The van der Waals surface area contributed by atoms with E-state index in [9.17, 15) is 4.79 Å². The first-order chi connectivity index (χ1) is 14.3. The normalized spacial score (nSPS) is 15.2. The van der Waals surface area contributed by atoms with Gasteiger partial charge in [-0.05, 0) is 36.2 Å². The third-order valence-electron chi connectivity index (χ3n) is 5.40. The minimum atomic E-state index is -0.0693. The molecule has 1 unspecified atom stereocenters. The Labute approximate surface area is 171 Å². The lowest BCUT2D eigenvalue weighted by molar-refractivity contribution is -0.133. The summed E-state index contributed by atoms with van der Waals surface area (Å²) < 4.78 is 0. The first-order valence-electron chi connectivity index (χ1n) is 10.1. The molecule has 1 amide bonds. The minimum absolute atomic E-state index is 0.0693. The van der Waals surface area contributed by atoms with Crippen LogP contribution in [0.25, 0.3) is 11.4 Å². The number of aromatic nitrogens is 3. The van der Waals surface area contributed by atoms with Crippen LogP contribution in [0.1, 0.15) is 24.8 Å². The van der Waals surface area contributed by atoms with Crippen molar-refractivity contribution < 1.29 is 4.79 Å². The number of hydrogen-bond donors (Lipinski definition) is 0. The third-order valence-corrected chi connectivity index (χ3v) is 5.40. The molecule has 0 bridgehead atoms. The maximum Gasteiger partial charge on any atom is 0.230 e. The fourth-order valence-corrected chi connectivity index (χ4v) is 3.76. The third kappa shape index (κ3) is 4.26. The molecule has 1 aliphatic heterocycles. The van der Waals surface area contributed by atoms with Crippen molar-refractivity contribution in [1.29, 1.82) is 0 Å². The molecule has 1 atom stereocenters. The van der Waals surface area contributed by atoms with Gasteiger partial charge < -0.3 is 9.80 Å². The van der Waals surface area contributed by atoms with Crippen LogP contribution >= 0.6 is 0 Å². The maximum atomic E-state index is 13.0. The zero-order valence-corrected chi connectivity index (χ0v) is 16.6. The van der Waals surface area contributed by atoms with E-state index in [1.807, 2.05) is 65.6 Å². The lowest BCUT2D eigenvalue weighted by atomic mass is 9.95. The largest absolute Gasteiger partial charge is 0.352 e. The molecule has 0 aliphatic carbocycles. The van der Waals surface area contributed by atoms with Gasteiger partial charge in [-0.15, -0.1) is 10.2 Å². The lowest BCUT2D eigenvalue weighted by Gasteiger charge is -2.36. The highest BCUT2D eigenvalue weighted by Gasteiger charge is 2.27. The molecule has 0 radical (unpaired) electrons. The van der Waals surface area contributed by atoms with Gasteiger partial charge >= 0.3 is 0 Å². The summed E-state index contributed by atoms with van der Waals surface area (Å²) >= 11 is 0. The Bertz CT molecular complexity index is 923. The van der Waals surface area contributed by atoms with E-state index < -0.39 is 0 Å². The Hall–Kier alpha value is -3.28. The van der Waals surface area contributed by atoms with Gasteiger partial charge in [-0.3, -0.25) is 9.78 Å². The highest BCUT2D eigenvalue weighted by atomic mass is 16.2. The molecule has 3 heterocycles. The lowest BCUT2D eigenvalue weighted by Crippen LogP contribution is -2.50. The Morgan fingerprint density at radius 1 is 0.897 bits per heavy atom. The second-order valence-corrected chi connectivity index (χ2v) is 7.18. The van der Waals surface area contributed by atoms with Crippen LogP contribution in [0.2, 0.25) is 0 Å². The van der Waals surface area contributed by atoms with Crippen molar-refractivity contribution in [2.24, 2.45) is 0 Å². The van der Waals surface area contributed by atoms with E-state index in [-0.39, 0.29) is 11.8 Å². The molecule has 1 saturated heterocycles. The molecule has 4 rings (SSSR count). The quantitative estimate of drug-likeness (QED) is 0.672. The molecule has 0 N–H and O–H groups in total. The maximum absolute atomic E-state index is 13.0. The molecule has 148 valence electrons. The van der Waals surface area contributed by atoms with E-state index in [2.05, 4.69) is 27.0 Å². The number of rotatable bonds is 5. The van der Waals surface area contributed by atoms with E-state index in [0.717, 1.165) is 42.3 Å². The van der Waals surface area contributed by atoms with Gasteiger partial charge in [0.1, 0.15) is 5.69 Å². The number of hydrogen-bond acceptors (Lipinski definition) is 5. The predicted molar refractivity (Wildman–Crippen MR) is 114 cm³/mol. The van der Waals surface area contributed by atoms with Crippen LogP contribution < -0.4 is 4.90 Å². The highest BCUT2D eigenvalue weighted by molar-refractivity contribution is 5.84. The summed E-state index contributed by atoms with van der Waals surface area (Å²) in [6.45, 7) is 4.99. The SMILES string of the molecule is CCC(C(=O)N1CCN(c2ccc(-c3ccccn3)nn2)CC1)c1ccccc1. The number of carbonyl (C=O) groups excluding carboxylic acids is 1. The molecule has 0 spiro atoms. The second-order valence-electron chi connectivity index (χ2n) is 7.18. The number of benzene rings is 1. The van der Waals surface area contributed by atoms with Crippen molar-refractivity contribution in [3.63, 3.8) is 0 Å². The predicted octanol–water partition coefficient (Wildman–Crippen LogP) is 3.38. The minimum Gasteiger partial charge on any atom is -0.352 e. The zero-order valence-electron chi connectivity index (χ0n) is 16.6. The van der Waals surface area contributed by atoms with Crippen LogP contribution in [0.15, 0.2) is 66.9 Å². The number of nitrogens with zero attached hydrogens (tertiary/aromatic N) is 5. The van der Waals surface area contributed by atoms with Crippen molar-refractivity contribution in [3.8, 4) is 11.4 Å². The van der Waals surface area contributed by atoms with Crippen LogP contribution in [0.3, 0.4) is 0 Å². The van der Waals surface area contributed by atoms with Crippen molar-refractivity contribution in [2.75, 3.05) is 31.1 Å². The Morgan fingerprint density at radius 3 is 2.28 bits per heavy atom. The van der Waals surface area contributed by atoms with E-state index in [1.165, 1.54) is 0 Å². The summed E-state index contributed by atoms with van der Waals surface area (Å²) in [5.74, 6) is 0.988. The number of pyridine rings is 1. The number of carbonyl (C=O) groups is 1. The summed E-state index contributed by atoms with van der Waals surface area (Å²) in [6, 6.07) is 19.7. The number of anilines is 1. The first kappa shape index (κ1) is 19.1.